The lowest BCUT2D eigenvalue weighted by Crippen LogP contribution is -2.49. The molecule has 0 saturated carbocycles. The van der Waals surface area contributed by atoms with E-state index in [1.54, 1.807) is 13.2 Å². The molecule has 0 aliphatic heterocycles. The molecule has 1 heterocycles. The van der Waals surface area contributed by atoms with E-state index >= 15 is 0 Å². The van der Waals surface area contributed by atoms with Gasteiger partial charge in [0.25, 0.3) is 0 Å². The van der Waals surface area contributed by atoms with E-state index in [2.05, 4.69) is 21.8 Å². The number of esters is 1. The molecule has 1 aromatic heterocycles. The number of likely N-dealkylation sites (N-methyl/N-ethyl adjacent to an activating group) is 1. The van der Waals surface area contributed by atoms with Crippen LogP contribution in [-0.2, 0) is 9.53 Å². The number of methoxy groups -OCH3 is 1. The summed E-state index contributed by atoms with van der Waals surface area (Å²) in [4.78, 5) is 15.9. The maximum atomic E-state index is 11.7. The van der Waals surface area contributed by atoms with E-state index in [9.17, 15) is 4.79 Å². The summed E-state index contributed by atoms with van der Waals surface area (Å²) in [6, 6.07) is 0.175. The SMILES string of the molecule is CNC(C)(CC(C)n1ccnc1C)C(=O)OC. The van der Waals surface area contributed by atoms with Gasteiger partial charge in [0.1, 0.15) is 11.4 Å². The molecule has 0 spiro atoms. The van der Waals surface area contributed by atoms with Gasteiger partial charge in [-0.2, -0.15) is 0 Å². The Morgan fingerprint density at radius 1 is 1.71 bits per heavy atom. The Hall–Kier alpha value is -1.36. The van der Waals surface area contributed by atoms with E-state index in [-0.39, 0.29) is 12.0 Å². The monoisotopic (exact) mass is 239 g/mol. The first kappa shape index (κ1) is 13.7. The Bertz CT molecular complexity index is 389. The molecule has 2 atom stereocenters. The average molecular weight is 239 g/mol. The molecule has 0 bridgehead atoms. The molecule has 0 aliphatic carbocycles. The summed E-state index contributed by atoms with van der Waals surface area (Å²) in [5.41, 5.74) is -0.676. The van der Waals surface area contributed by atoms with E-state index in [0.29, 0.717) is 6.42 Å². The first-order valence-corrected chi connectivity index (χ1v) is 5.71. The molecule has 0 fully saturated rings. The molecule has 1 N–H and O–H groups in total. The predicted octanol–water partition coefficient (Wildman–Crippen LogP) is 1.29. The van der Waals surface area contributed by atoms with Crippen LogP contribution in [0, 0.1) is 6.92 Å². The Kier molecular flexibility index (Phi) is 4.28. The summed E-state index contributed by atoms with van der Waals surface area (Å²) in [6.45, 7) is 5.86. The van der Waals surface area contributed by atoms with Crippen LogP contribution in [0.1, 0.15) is 32.1 Å². The molecule has 0 aromatic carbocycles. The average Bonchev–Trinajstić information content (AvgIpc) is 2.74. The zero-order valence-corrected chi connectivity index (χ0v) is 11.2. The fourth-order valence-corrected chi connectivity index (χ4v) is 2.06. The van der Waals surface area contributed by atoms with Crippen LogP contribution in [0.2, 0.25) is 0 Å². The number of aryl methyl sites for hydroxylation is 1. The Morgan fingerprint density at radius 3 is 2.76 bits per heavy atom. The fraction of sp³-hybridized carbons (Fsp3) is 0.667. The molecule has 0 aliphatic rings. The molecule has 0 radical (unpaired) electrons. The van der Waals surface area contributed by atoms with E-state index in [0.717, 1.165) is 5.82 Å². The second-order valence-electron chi connectivity index (χ2n) is 4.51. The van der Waals surface area contributed by atoms with Crippen LogP contribution in [0.3, 0.4) is 0 Å². The minimum absolute atomic E-state index is 0.175. The van der Waals surface area contributed by atoms with Gasteiger partial charge in [0, 0.05) is 18.4 Å². The van der Waals surface area contributed by atoms with Gasteiger partial charge in [-0.05, 0) is 34.2 Å². The number of carbonyl (C=O) groups excluding carboxylic acids is 1. The molecule has 17 heavy (non-hydrogen) atoms. The van der Waals surface area contributed by atoms with Gasteiger partial charge in [0.05, 0.1) is 7.11 Å². The van der Waals surface area contributed by atoms with Crippen LogP contribution < -0.4 is 5.32 Å². The van der Waals surface area contributed by atoms with Crippen molar-refractivity contribution in [3.8, 4) is 0 Å². The van der Waals surface area contributed by atoms with Crippen molar-refractivity contribution in [1.82, 2.24) is 14.9 Å². The second kappa shape index (κ2) is 5.31. The van der Waals surface area contributed by atoms with Crippen molar-refractivity contribution in [1.29, 1.82) is 0 Å². The Balaban J connectivity index is 2.82. The lowest BCUT2D eigenvalue weighted by molar-refractivity contribution is -0.148. The van der Waals surface area contributed by atoms with Crippen LogP contribution in [0.5, 0.6) is 0 Å². The molecule has 1 rings (SSSR count). The lowest BCUT2D eigenvalue weighted by Gasteiger charge is -2.29. The van der Waals surface area contributed by atoms with E-state index in [4.69, 9.17) is 4.74 Å². The Morgan fingerprint density at radius 2 is 2.35 bits per heavy atom. The number of nitrogens with one attached hydrogen (secondary N) is 1. The van der Waals surface area contributed by atoms with Crippen LogP contribution >= 0.6 is 0 Å². The number of rotatable bonds is 5. The molecule has 0 saturated heterocycles. The van der Waals surface area contributed by atoms with Gasteiger partial charge in [-0.15, -0.1) is 0 Å². The third-order valence-corrected chi connectivity index (χ3v) is 3.23. The van der Waals surface area contributed by atoms with Gasteiger partial charge in [0.2, 0.25) is 0 Å². The smallest absolute Gasteiger partial charge is 0.325 e. The summed E-state index contributed by atoms with van der Waals surface area (Å²) in [5, 5.41) is 3.03. The highest BCUT2D eigenvalue weighted by Gasteiger charge is 2.34. The van der Waals surface area contributed by atoms with E-state index in [1.165, 1.54) is 7.11 Å². The zero-order valence-electron chi connectivity index (χ0n) is 11.2. The summed E-state index contributed by atoms with van der Waals surface area (Å²) in [5.74, 6) is 0.699. The number of imidazole rings is 1. The minimum Gasteiger partial charge on any atom is -0.468 e. The fourth-order valence-electron chi connectivity index (χ4n) is 2.06. The summed E-state index contributed by atoms with van der Waals surface area (Å²) in [7, 11) is 3.18. The van der Waals surface area contributed by atoms with Crippen LogP contribution in [0.15, 0.2) is 12.4 Å². The van der Waals surface area contributed by atoms with Crippen molar-refractivity contribution in [3.05, 3.63) is 18.2 Å². The van der Waals surface area contributed by atoms with Crippen LogP contribution in [-0.4, -0.2) is 35.2 Å². The number of carbonyl (C=O) groups is 1. The van der Waals surface area contributed by atoms with Crippen molar-refractivity contribution < 1.29 is 9.53 Å². The van der Waals surface area contributed by atoms with Crippen LogP contribution in [0.25, 0.3) is 0 Å². The maximum Gasteiger partial charge on any atom is 0.325 e. The first-order valence-electron chi connectivity index (χ1n) is 5.71. The third-order valence-electron chi connectivity index (χ3n) is 3.23. The molecule has 2 unspecified atom stereocenters. The van der Waals surface area contributed by atoms with Gasteiger partial charge in [-0.25, -0.2) is 4.98 Å². The number of nitrogens with zero attached hydrogens (tertiary/aromatic N) is 2. The summed E-state index contributed by atoms with van der Waals surface area (Å²) >= 11 is 0. The Labute approximate surface area is 102 Å². The first-order chi connectivity index (χ1) is 7.94. The van der Waals surface area contributed by atoms with Crippen molar-refractivity contribution in [2.45, 2.75) is 38.8 Å². The lowest BCUT2D eigenvalue weighted by atomic mass is 9.93. The van der Waals surface area contributed by atoms with Crippen LogP contribution in [0.4, 0.5) is 0 Å². The minimum atomic E-state index is -0.676. The van der Waals surface area contributed by atoms with E-state index in [1.807, 2.05) is 20.0 Å². The van der Waals surface area contributed by atoms with E-state index < -0.39 is 5.54 Å². The molecular formula is C12H21N3O2. The summed E-state index contributed by atoms with van der Waals surface area (Å²) < 4.78 is 6.88. The van der Waals surface area contributed by atoms with Gasteiger partial charge >= 0.3 is 5.97 Å². The van der Waals surface area contributed by atoms with Crippen molar-refractivity contribution in [3.63, 3.8) is 0 Å². The van der Waals surface area contributed by atoms with Crippen molar-refractivity contribution in [2.75, 3.05) is 14.2 Å². The molecular weight excluding hydrogens is 218 g/mol. The number of ether oxygens (including phenoxy) is 1. The quantitative estimate of drug-likeness (QED) is 0.787. The third kappa shape index (κ3) is 2.85. The standard InChI is InChI=1S/C12H21N3O2/c1-9(15-7-6-14-10(15)2)8-12(3,13-4)11(16)17-5/h6-7,9,13H,8H2,1-5H3. The number of aromatic nitrogens is 2. The highest BCUT2D eigenvalue weighted by molar-refractivity contribution is 5.80. The van der Waals surface area contributed by atoms with Crippen molar-refractivity contribution >= 4 is 5.97 Å². The molecule has 1 aromatic rings. The highest BCUT2D eigenvalue weighted by Crippen LogP contribution is 2.22. The molecule has 5 heteroatoms. The van der Waals surface area contributed by atoms with Gasteiger partial charge in [0.15, 0.2) is 0 Å². The largest absolute Gasteiger partial charge is 0.468 e. The zero-order chi connectivity index (χ0) is 13.1. The maximum absolute atomic E-state index is 11.7. The topological polar surface area (TPSA) is 56.2 Å². The number of hydrogen-bond acceptors (Lipinski definition) is 4. The number of hydrogen-bond donors (Lipinski definition) is 1. The second-order valence-corrected chi connectivity index (χ2v) is 4.51. The molecule has 96 valence electrons. The van der Waals surface area contributed by atoms with Crippen molar-refractivity contribution in [2.24, 2.45) is 0 Å². The van der Waals surface area contributed by atoms with Gasteiger partial charge < -0.3 is 14.6 Å². The normalized spacial score (nSPS) is 16.3. The van der Waals surface area contributed by atoms with Gasteiger partial charge in [-0.1, -0.05) is 0 Å². The van der Waals surface area contributed by atoms with Gasteiger partial charge in [-0.3, -0.25) is 4.79 Å². The molecule has 0 amide bonds. The predicted molar refractivity (Wildman–Crippen MR) is 65.8 cm³/mol. The highest BCUT2D eigenvalue weighted by atomic mass is 16.5. The molecule has 5 nitrogen and oxygen atoms in total. The summed E-state index contributed by atoms with van der Waals surface area (Å²) in [6.07, 6.45) is 4.33.